The first kappa shape index (κ1) is 32.9. The third kappa shape index (κ3) is 6.78. The Bertz CT molecular complexity index is 2060. The number of piperidine rings is 2. The third-order valence-electron chi connectivity index (χ3n) is 11.2. The van der Waals surface area contributed by atoms with E-state index < -0.39 is 0 Å². The van der Waals surface area contributed by atoms with Gasteiger partial charge in [0.05, 0.1) is 34.6 Å². The van der Waals surface area contributed by atoms with E-state index in [-0.39, 0.29) is 11.9 Å². The molecule has 5 aromatic rings. The molecule has 5 heterocycles. The molecule has 10 heteroatoms. The number of H-pyrrole nitrogens is 1. The average molecular weight is 684 g/mol. The van der Waals surface area contributed by atoms with Gasteiger partial charge in [-0.05, 0) is 92.9 Å². The van der Waals surface area contributed by atoms with Gasteiger partial charge in [0.2, 0.25) is 5.91 Å². The summed E-state index contributed by atoms with van der Waals surface area (Å²) in [5, 5.41) is 13.9. The number of unbranched alkanes of at least 4 members (excludes halogenated alkanes) is 1. The zero-order valence-corrected chi connectivity index (χ0v) is 29.0. The molecule has 0 atom stereocenters. The highest BCUT2D eigenvalue weighted by atomic mass is 16.5. The van der Waals surface area contributed by atoms with Crippen molar-refractivity contribution in [3.05, 3.63) is 90.3 Å². The quantitative estimate of drug-likeness (QED) is 0.149. The molecule has 0 spiro atoms. The first-order chi connectivity index (χ1) is 25.1. The summed E-state index contributed by atoms with van der Waals surface area (Å²) in [5.74, 6) is 1.27. The second-order valence-electron chi connectivity index (χ2n) is 14.2. The molecule has 262 valence electrons. The van der Waals surface area contributed by atoms with Crippen LogP contribution in [0.25, 0.3) is 21.8 Å². The Kier molecular flexibility index (Phi) is 9.37. The van der Waals surface area contributed by atoms with Gasteiger partial charge in [-0.3, -0.25) is 15.0 Å². The summed E-state index contributed by atoms with van der Waals surface area (Å²) >= 11 is 0. The molecule has 10 nitrogen and oxygen atoms in total. The first-order valence-electron chi connectivity index (χ1n) is 18.5. The first-order valence-corrected chi connectivity index (χ1v) is 18.5. The van der Waals surface area contributed by atoms with E-state index in [2.05, 4.69) is 85.5 Å². The van der Waals surface area contributed by atoms with Crippen molar-refractivity contribution >= 4 is 45.1 Å². The molecule has 2 N–H and O–H groups in total. The van der Waals surface area contributed by atoms with Gasteiger partial charge >= 0.3 is 6.03 Å². The van der Waals surface area contributed by atoms with E-state index in [9.17, 15) is 14.9 Å². The molecule has 3 aromatic carbocycles. The number of urea groups is 1. The summed E-state index contributed by atoms with van der Waals surface area (Å²) in [6.45, 7) is 6.37. The van der Waals surface area contributed by atoms with Crippen LogP contribution in [0.15, 0.2) is 79.1 Å². The van der Waals surface area contributed by atoms with Crippen molar-refractivity contribution in [2.45, 2.75) is 56.9 Å². The van der Waals surface area contributed by atoms with Crippen molar-refractivity contribution < 1.29 is 14.3 Å². The molecule has 8 rings (SSSR count). The number of benzene rings is 3. The molecule has 3 saturated heterocycles. The molecule has 0 unspecified atom stereocenters. The summed E-state index contributed by atoms with van der Waals surface area (Å²) in [7, 11) is 0. The maximum absolute atomic E-state index is 12.5. The van der Waals surface area contributed by atoms with E-state index in [1.807, 2.05) is 24.4 Å². The fraction of sp³-hybridized carbons (Fsp3) is 0.390. The Hall–Kier alpha value is -5.27. The lowest BCUT2D eigenvalue weighted by atomic mass is 9.89. The van der Waals surface area contributed by atoms with Crippen LogP contribution in [0, 0.1) is 11.3 Å². The van der Waals surface area contributed by atoms with Crippen LogP contribution < -0.4 is 19.9 Å². The number of nitrogens with zero attached hydrogens (tertiary/aromatic N) is 5. The van der Waals surface area contributed by atoms with Gasteiger partial charge in [-0.2, -0.15) is 5.26 Å². The molecule has 3 aliphatic rings. The van der Waals surface area contributed by atoms with E-state index in [0.29, 0.717) is 30.5 Å². The van der Waals surface area contributed by atoms with E-state index in [1.54, 1.807) is 4.90 Å². The molecule has 0 saturated carbocycles. The normalized spacial score (nSPS) is 18.0. The number of nitrogens with one attached hydrogen (secondary N) is 2. The Balaban J connectivity index is 0.757. The molecular formula is C41H45N7O3. The van der Waals surface area contributed by atoms with Gasteiger partial charge in [-0.1, -0.05) is 30.3 Å². The van der Waals surface area contributed by atoms with E-state index in [0.717, 1.165) is 111 Å². The number of amides is 3. The molecule has 0 bridgehead atoms. The van der Waals surface area contributed by atoms with Crippen LogP contribution in [-0.4, -0.2) is 72.3 Å². The lowest BCUT2D eigenvalue weighted by Gasteiger charge is -2.34. The highest BCUT2D eigenvalue weighted by Gasteiger charge is 2.27. The molecule has 51 heavy (non-hydrogen) atoms. The number of carbonyl (C=O) groups excluding carboxylic acids is 2. The van der Waals surface area contributed by atoms with Crippen LogP contribution in [0.1, 0.15) is 68.0 Å². The number of imide groups is 1. The largest absolute Gasteiger partial charge is 0.494 e. The number of para-hydroxylation sites is 1. The van der Waals surface area contributed by atoms with E-state index in [4.69, 9.17) is 4.74 Å². The van der Waals surface area contributed by atoms with Crippen LogP contribution in [0.2, 0.25) is 0 Å². The maximum Gasteiger partial charge on any atom is 0.328 e. The third-order valence-corrected chi connectivity index (χ3v) is 11.2. The number of ether oxygens (including phenoxy) is 1. The van der Waals surface area contributed by atoms with Gasteiger partial charge in [-0.25, -0.2) is 4.79 Å². The van der Waals surface area contributed by atoms with Crippen molar-refractivity contribution in [2.24, 2.45) is 0 Å². The number of anilines is 2. The van der Waals surface area contributed by atoms with Gasteiger partial charge in [0, 0.05) is 68.4 Å². The van der Waals surface area contributed by atoms with Crippen molar-refractivity contribution in [3.8, 4) is 11.8 Å². The van der Waals surface area contributed by atoms with E-state index >= 15 is 0 Å². The summed E-state index contributed by atoms with van der Waals surface area (Å²) in [6.07, 6.45) is 10.8. The summed E-state index contributed by atoms with van der Waals surface area (Å²) in [6, 6.07) is 25.6. The molecular weight excluding hydrogens is 638 g/mol. The lowest BCUT2D eigenvalue weighted by molar-refractivity contribution is -0.120. The topological polar surface area (TPSA) is 110 Å². The Morgan fingerprint density at radius 2 is 1.61 bits per heavy atom. The van der Waals surface area contributed by atoms with Crippen LogP contribution in [0.4, 0.5) is 16.2 Å². The van der Waals surface area contributed by atoms with E-state index in [1.165, 1.54) is 11.3 Å². The highest BCUT2D eigenvalue weighted by Crippen LogP contribution is 2.36. The number of hydrogen-bond donors (Lipinski definition) is 2. The van der Waals surface area contributed by atoms with Crippen molar-refractivity contribution in [3.63, 3.8) is 0 Å². The second kappa shape index (κ2) is 14.5. The number of nitriles is 1. The fourth-order valence-electron chi connectivity index (χ4n) is 8.35. The number of carbonyl (C=O) groups is 2. The zero-order valence-electron chi connectivity index (χ0n) is 29.0. The number of hydrogen-bond acceptors (Lipinski definition) is 6. The standard InChI is InChI=1S/C41H45N7O3/c42-27-31-28-43-40-34(31)5-3-8-38(40)46-22-13-30(14-23-46)29-9-11-33(12-10-29)51-26-2-1-19-45-20-15-32(16-21-45)47-24-17-35-36(47)6-4-7-37(35)48-25-18-39(49)44-41(48)50/h3-12,17,24,28,30,32,43H,1-2,13-16,18-23,25-26H2,(H,44,49,50). The maximum atomic E-state index is 12.5. The van der Waals surface area contributed by atoms with Gasteiger partial charge in [0.15, 0.2) is 0 Å². The van der Waals surface area contributed by atoms with Crippen molar-refractivity contribution in [1.82, 2.24) is 19.8 Å². The van der Waals surface area contributed by atoms with Crippen LogP contribution in [-0.2, 0) is 4.79 Å². The number of fused-ring (bicyclic) bond motifs is 2. The van der Waals surface area contributed by atoms with Crippen LogP contribution >= 0.6 is 0 Å². The molecule has 3 amide bonds. The van der Waals surface area contributed by atoms with Crippen LogP contribution in [0.3, 0.4) is 0 Å². The summed E-state index contributed by atoms with van der Waals surface area (Å²) in [5.41, 5.74) is 6.34. The minimum Gasteiger partial charge on any atom is -0.494 e. The Labute approximate surface area is 298 Å². The fourth-order valence-corrected chi connectivity index (χ4v) is 8.35. The predicted molar refractivity (Wildman–Crippen MR) is 201 cm³/mol. The number of likely N-dealkylation sites (tertiary alicyclic amines) is 1. The molecule has 0 aliphatic carbocycles. The number of aromatic amines is 1. The Morgan fingerprint density at radius 1 is 0.824 bits per heavy atom. The SMILES string of the molecule is N#Cc1c[nH]c2c(N3CCC(c4ccc(OCCCCN5CCC(n6ccc7c(N8CCC(=O)NC8=O)cccc76)CC5)cc4)CC3)cccc12. The second-order valence-corrected chi connectivity index (χ2v) is 14.2. The van der Waals surface area contributed by atoms with Gasteiger partial charge in [-0.15, -0.1) is 0 Å². The molecule has 2 aromatic heterocycles. The van der Waals surface area contributed by atoms with Gasteiger partial charge in [0.25, 0.3) is 0 Å². The predicted octanol–water partition coefficient (Wildman–Crippen LogP) is 7.32. The molecule has 3 fully saturated rings. The summed E-state index contributed by atoms with van der Waals surface area (Å²) < 4.78 is 8.51. The molecule has 0 radical (unpaired) electrons. The van der Waals surface area contributed by atoms with Crippen molar-refractivity contribution in [1.29, 1.82) is 5.26 Å². The minimum atomic E-state index is -0.341. The minimum absolute atomic E-state index is 0.213. The van der Waals surface area contributed by atoms with Crippen molar-refractivity contribution in [2.75, 3.05) is 55.7 Å². The lowest BCUT2D eigenvalue weighted by Crippen LogP contribution is -2.49. The smallest absolute Gasteiger partial charge is 0.328 e. The number of rotatable bonds is 10. The zero-order chi connectivity index (χ0) is 34.7. The van der Waals surface area contributed by atoms with Gasteiger partial charge < -0.3 is 24.1 Å². The highest BCUT2D eigenvalue weighted by molar-refractivity contribution is 6.09. The number of aromatic nitrogens is 2. The average Bonchev–Trinajstić information content (AvgIpc) is 3.80. The monoisotopic (exact) mass is 683 g/mol. The van der Waals surface area contributed by atoms with Gasteiger partial charge in [0.1, 0.15) is 11.8 Å². The Morgan fingerprint density at radius 3 is 2.39 bits per heavy atom. The molecule has 3 aliphatic heterocycles. The summed E-state index contributed by atoms with van der Waals surface area (Å²) in [4.78, 5) is 34.2. The van der Waals surface area contributed by atoms with Crippen LogP contribution in [0.5, 0.6) is 5.75 Å².